The Kier molecular flexibility index (Phi) is 9.16. The van der Waals surface area contributed by atoms with Gasteiger partial charge in [-0.05, 0) is 12.8 Å². The van der Waals surface area contributed by atoms with E-state index in [0.717, 1.165) is 25.7 Å². The van der Waals surface area contributed by atoms with E-state index in [0.29, 0.717) is 12.8 Å². The summed E-state index contributed by atoms with van der Waals surface area (Å²) in [5, 5.41) is 26.6. The molecule has 0 atom stereocenters. The minimum atomic E-state index is -2.35. The fraction of sp³-hybridized carbons (Fsp3) is 0.846. The summed E-state index contributed by atoms with van der Waals surface area (Å²) in [4.78, 5) is 21.5. The van der Waals surface area contributed by atoms with Crippen LogP contribution in [0.15, 0.2) is 0 Å². The van der Waals surface area contributed by atoms with E-state index >= 15 is 0 Å². The molecule has 0 unspecified atom stereocenters. The smallest absolute Gasteiger partial charge is 0.323 e. The van der Waals surface area contributed by atoms with Gasteiger partial charge in [0.15, 0.2) is 0 Å². The van der Waals surface area contributed by atoms with Crippen LogP contribution < -0.4 is 0 Å². The Morgan fingerprint density at radius 2 is 1.42 bits per heavy atom. The third-order valence-corrected chi connectivity index (χ3v) is 2.76. The van der Waals surface area contributed by atoms with Gasteiger partial charge in [0, 0.05) is 19.3 Å². The summed E-state index contributed by atoms with van der Waals surface area (Å²) in [5.41, 5.74) is 0. The van der Waals surface area contributed by atoms with Gasteiger partial charge in [0.2, 0.25) is 0 Å². The monoisotopic (exact) mass is 276 g/mol. The molecule has 3 N–H and O–H groups in total. The third kappa shape index (κ3) is 11.7. The molecule has 0 fully saturated rings. The molecule has 19 heavy (non-hydrogen) atoms. The van der Waals surface area contributed by atoms with Crippen LogP contribution in [-0.4, -0.2) is 33.2 Å². The summed E-state index contributed by atoms with van der Waals surface area (Å²) in [6, 6.07) is 0. The van der Waals surface area contributed by atoms with Gasteiger partial charge in [0.05, 0.1) is 0 Å². The molecular weight excluding hydrogens is 252 g/mol. The number of unbranched alkanes of at least 4 members (excludes halogenated alkanes) is 5. The number of carbonyl (C=O) groups is 2. The number of aliphatic carboxylic acids is 1. The SMILES string of the molecule is CCC(O)(O)OC(=O)CCCCCCCCC(=O)O. The highest BCUT2D eigenvalue weighted by Crippen LogP contribution is 2.12. The molecule has 6 nitrogen and oxygen atoms in total. The second-order valence-corrected chi connectivity index (χ2v) is 4.59. The first-order valence-electron chi connectivity index (χ1n) is 6.76. The quantitative estimate of drug-likeness (QED) is 0.302. The predicted molar refractivity (Wildman–Crippen MR) is 68.1 cm³/mol. The number of carbonyl (C=O) groups excluding carboxylic acids is 1. The Labute approximate surface area is 113 Å². The van der Waals surface area contributed by atoms with Crippen LogP contribution >= 0.6 is 0 Å². The molecule has 0 saturated heterocycles. The number of hydrogen-bond donors (Lipinski definition) is 3. The van der Waals surface area contributed by atoms with Gasteiger partial charge in [0.25, 0.3) is 0 Å². The molecule has 0 aromatic carbocycles. The number of hydrogen-bond acceptors (Lipinski definition) is 5. The zero-order chi connectivity index (χ0) is 14.7. The van der Waals surface area contributed by atoms with E-state index in [2.05, 4.69) is 4.74 Å². The lowest BCUT2D eigenvalue weighted by Gasteiger charge is -2.19. The van der Waals surface area contributed by atoms with Gasteiger partial charge >= 0.3 is 17.9 Å². The van der Waals surface area contributed by atoms with Crippen molar-refractivity contribution in [2.75, 3.05) is 0 Å². The lowest BCUT2D eigenvalue weighted by atomic mass is 10.1. The second kappa shape index (κ2) is 9.75. The summed E-state index contributed by atoms with van der Waals surface area (Å²) in [5.74, 6) is -3.73. The van der Waals surface area contributed by atoms with Gasteiger partial charge in [0.1, 0.15) is 0 Å². The van der Waals surface area contributed by atoms with Gasteiger partial charge in [-0.1, -0.05) is 32.6 Å². The lowest BCUT2D eigenvalue weighted by molar-refractivity contribution is -0.319. The van der Waals surface area contributed by atoms with Crippen molar-refractivity contribution in [3.63, 3.8) is 0 Å². The third-order valence-electron chi connectivity index (χ3n) is 2.76. The largest absolute Gasteiger partial charge is 0.481 e. The zero-order valence-electron chi connectivity index (χ0n) is 11.4. The van der Waals surface area contributed by atoms with Crippen molar-refractivity contribution in [3.8, 4) is 0 Å². The first-order valence-corrected chi connectivity index (χ1v) is 6.76. The summed E-state index contributed by atoms with van der Waals surface area (Å²) >= 11 is 0. The molecule has 0 aromatic rings. The molecule has 0 heterocycles. The minimum Gasteiger partial charge on any atom is -0.481 e. The molecule has 0 spiro atoms. The fourth-order valence-electron chi connectivity index (χ4n) is 1.56. The van der Waals surface area contributed by atoms with Gasteiger partial charge in [-0.2, -0.15) is 0 Å². The molecule has 0 aromatic heterocycles. The van der Waals surface area contributed by atoms with Crippen LogP contribution in [0, 0.1) is 0 Å². The second-order valence-electron chi connectivity index (χ2n) is 4.59. The van der Waals surface area contributed by atoms with E-state index < -0.39 is 17.9 Å². The summed E-state index contributed by atoms with van der Waals surface area (Å²) in [7, 11) is 0. The number of carboxylic acids is 1. The van der Waals surface area contributed by atoms with Crippen LogP contribution in [0.25, 0.3) is 0 Å². The maximum atomic E-state index is 11.2. The number of ether oxygens (including phenoxy) is 1. The highest BCUT2D eigenvalue weighted by Gasteiger charge is 2.25. The molecule has 0 amide bonds. The topological polar surface area (TPSA) is 104 Å². The number of esters is 1. The fourth-order valence-corrected chi connectivity index (χ4v) is 1.56. The molecule has 0 aliphatic carbocycles. The van der Waals surface area contributed by atoms with Crippen molar-refractivity contribution in [1.29, 1.82) is 0 Å². The van der Waals surface area contributed by atoms with Crippen LogP contribution in [0.2, 0.25) is 0 Å². The van der Waals surface area contributed by atoms with E-state index in [-0.39, 0.29) is 19.3 Å². The zero-order valence-corrected chi connectivity index (χ0v) is 11.4. The molecule has 0 aliphatic rings. The van der Waals surface area contributed by atoms with E-state index in [1.165, 1.54) is 6.92 Å². The highest BCUT2D eigenvalue weighted by molar-refractivity contribution is 5.69. The predicted octanol–water partition coefficient (Wildman–Crippen LogP) is 1.78. The maximum Gasteiger partial charge on any atom is 0.323 e. The van der Waals surface area contributed by atoms with Crippen LogP contribution in [0.4, 0.5) is 0 Å². The molecule has 0 rings (SSSR count). The Bertz CT molecular complexity index is 274. The molecular formula is C13H24O6. The Morgan fingerprint density at radius 3 is 1.89 bits per heavy atom. The van der Waals surface area contributed by atoms with Crippen LogP contribution in [0.1, 0.15) is 64.7 Å². The van der Waals surface area contributed by atoms with E-state index in [4.69, 9.17) is 15.3 Å². The van der Waals surface area contributed by atoms with Gasteiger partial charge < -0.3 is 20.1 Å². The number of carboxylic acid groups (broad SMARTS) is 1. The van der Waals surface area contributed by atoms with Gasteiger partial charge in [-0.15, -0.1) is 0 Å². The molecule has 0 radical (unpaired) electrons. The number of aliphatic hydroxyl groups is 2. The van der Waals surface area contributed by atoms with Crippen molar-refractivity contribution >= 4 is 11.9 Å². The average molecular weight is 276 g/mol. The van der Waals surface area contributed by atoms with E-state index in [1.54, 1.807) is 0 Å². The standard InChI is InChI=1S/C13H24O6/c1-2-13(17,18)19-12(16)10-8-6-4-3-5-7-9-11(14)15/h17-18H,2-10H2,1H3,(H,14,15). The molecule has 6 heteroatoms. The lowest BCUT2D eigenvalue weighted by Crippen LogP contribution is -2.33. The molecule has 112 valence electrons. The normalized spacial score (nSPS) is 11.3. The van der Waals surface area contributed by atoms with E-state index in [9.17, 15) is 9.59 Å². The van der Waals surface area contributed by atoms with Crippen LogP contribution in [0.3, 0.4) is 0 Å². The molecule has 0 bridgehead atoms. The van der Waals surface area contributed by atoms with Crippen molar-refractivity contribution in [2.24, 2.45) is 0 Å². The Hall–Kier alpha value is -1.14. The highest BCUT2D eigenvalue weighted by atomic mass is 16.8. The van der Waals surface area contributed by atoms with Crippen LogP contribution in [0.5, 0.6) is 0 Å². The molecule has 0 saturated carbocycles. The Morgan fingerprint density at radius 1 is 0.947 bits per heavy atom. The van der Waals surface area contributed by atoms with Crippen molar-refractivity contribution in [2.45, 2.75) is 70.7 Å². The van der Waals surface area contributed by atoms with Crippen LogP contribution in [-0.2, 0) is 14.3 Å². The first-order chi connectivity index (χ1) is 8.87. The summed E-state index contributed by atoms with van der Waals surface area (Å²) in [6.07, 6.45) is 5.23. The van der Waals surface area contributed by atoms with Crippen molar-refractivity contribution < 1.29 is 29.6 Å². The van der Waals surface area contributed by atoms with E-state index in [1.807, 2.05) is 0 Å². The van der Waals surface area contributed by atoms with Gasteiger partial charge in [-0.25, -0.2) is 0 Å². The average Bonchev–Trinajstić information content (AvgIpc) is 2.31. The number of rotatable bonds is 11. The van der Waals surface area contributed by atoms with Gasteiger partial charge in [-0.3, -0.25) is 9.59 Å². The Balaban J connectivity index is 3.39. The molecule has 0 aliphatic heterocycles. The maximum absolute atomic E-state index is 11.2. The summed E-state index contributed by atoms with van der Waals surface area (Å²) < 4.78 is 4.47. The van der Waals surface area contributed by atoms with Crippen molar-refractivity contribution in [3.05, 3.63) is 0 Å². The summed E-state index contributed by atoms with van der Waals surface area (Å²) in [6.45, 7) is 1.50. The first kappa shape index (κ1) is 17.9. The minimum absolute atomic E-state index is 0.0671. The van der Waals surface area contributed by atoms with Crippen molar-refractivity contribution in [1.82, 2.24) is 0 Å².